The van der Waals surface area contributed by atoms with Crippen LogP contribution in [0.4, 0.5) is 5.82 Å². The molecule has 4 atom stereocenters. The van der Waals surface area contributed by atoms with Crippen molar-refractivity contribution in [3.05, 3.63) is 22.7 Å². The highest BCUT2D eigenvalue weighted by Gasteiger charge is 2.46. The van der Waals surface area contributed by atoms with Gasteiger partial charge in [-0.25, -0.2) is 4.79 Å². The summed E-state index contributed by atoms with van der Waals surface area (Å²) in [6.07, 6.45) is 1.12. The van der Waals surface area contributed by atoms with Crippen molar-refractivity contribution >= 4 is 17.6 Å². The molecule has 1 aromatic rings. The molecule has 0 amide bonds. The molecule has 2 rings (SSSR count). The van der Waals surface area contributed by atoms with Gasteiger partial charge in [0.25, 0.3) is 0 Å². The minimum atomic E-state index is -0.407. The smallest absolute Gasteiger partial charge is 0.350 e. The molecule has 0 saturated carbocycles. The van der Waals surface area contributed by atoms with Crippen molar-refractivity contribution in [2.24, 2.45) is 0 Å². The van der Waals surface area contributed by atoms with Gasteiger partial charge in [0.2, 0.25) is 0 Å². The van der Waals surface area contributed by atoms with Gasteiger partial charge in [-0.2, -0.15) is 4.98 Å². The van der Waals surface area contributed by atoms with Crippen molar-refractivity contribution in [3.63, 3.8) is 0 Å². The molecule has 2 unspecified atom stereocenters. The Kier molecular flexibility index (Phi) is 6.85. The number of methoxy groups -OCH3 is 3. The summed E-state index contributed by atoms with van der Waals surface area (Å²) in [6, 6.07) is 1.60. The number of ether oxygens (including phenoxy) is 4. The molecule has 0 aromatic carbocycles. The molecule has 23 heavy (non-hydrogen) atoms. The minimum Gasteiger partial charge on any atom is -0.383 e. The fraction of sp³-hybridized carbons (Fsp3) is 0.714. The predicted molar refractivity (Wildman–Crippen MR) is 87.6 cm³/mol. The van der Waals surface area contributed by atoms with E-state index in [0.717, 1.165) is 0 Å². The van der Waals surface area contributed by atoms with Crippen LogP contribution in [0, 0.1) is 0 Å². The number of hydrogen-bond donors (Lipinski definition) is 1. The first-order valence-electron chi connectivity index (χ1n) is 7.24. The Balaban J connectivity index is 2.27. The maximum Gasteiger partial charge on any atom is 0.350 e. The van der Waals surface area contributed by atoms with Crippen LogP contribution in [-0.4, -0.2) is 68.2 Å². The van der Waals surface area contributed by atoms with Gasteiger partial charge >= 0.3 is 5.69 Å². The molecule has 2 N–H and O–H groups in total. The second kappa shape index (κ2) is 8.65. The van der Waals surface area contributed by atoms with Crippen LogP contribution in [0.15, 0.2) is 17.1 Å². The van der Waals surface area contributed by atoms with Crippen LogP contribution >= 0.6 is 11.8 Å². The Hall–Kier alpha value is -1.13. The van der Waals surface area contributed by atoms with Crippen LogP contribution in [0.1, 0.15) is 5.37 Å². The zero-order valence-corrected chi connectivity index (χ0v) is 14.3. The molecule has 8 nitrogen and oxygen atoms in total. The highest BCUT2D eigenvalue weighted by Crippen LogP contribution is 2.44. The van der Waals surface area contributed by atoms with Crippen LogP contribution in [0.2, 0.25) is 0 Å². The molecule has 1 saturated heterocycles. The zero-order valence-electron chi connectivity index (χ0n) is 13.5. The summed E-state index contributed by atoms with van der Waals surface area (Å²) in [5.41, 5.74) is 5.16. The van der Waals surface area contributed by atoms with E-state index in [1.54, 1.807) is 45.4 Å². The zero-order chi connectivity index (χ0) is 16.8. The van der Waals surface area contributed by atoms with E-state index in [1.807, 2.05) is 0 Å². The molecule has 1 fully saturated rings. The summed E-state index contributed by atoms with van der Waals surface area (Å²) < 4.78 is 23.4. The minimum absolute atomic E-state index is 0.0481. The molecule has 2 heterocycles. The maximum atomic E-state index is 12.2. The quantitative estimate of drug-likeness (QED) is 0.664. The summed E-state index contributed by atoms with van der Waals surface area (Å²) in [5, 5.41) is -0.218. The van der Waals surface area contributed by atoms with Crippen LogP contribution in [0.25, 0.3) is 0 Å². The fourth-order valence-electron chi connectivity index (χ4n) is 2.58. The highest BCUT2D eigenvalue weighted by atomic mass is 32.2. The monoisotopic (exact) mass is 345 g/mol. The fourth-order valence-corrected chi connectivity index (χ4v) is 4.25. The van der Waals surface area contributed by atoms with Gasteiger partial charge in [-0.05, 0) is 6.07 Å². The van der Waals surface area contributed by atoms with Gasteiger partial charge in [-0.1, -0.05) is 0 Å². The van der Waals surface area contributed by atoms with Gasteiger partial charge in [0, 0.05) is 27.5 Å². The van der Waals surface area contributed by atoms with Gasteiger partial charge < -0.3 is 24.7 Å². The molecule has 0 spiro atoms. The second-order valence-corrected chi connectivity index (χ2v) is 6.45. The third kappa shape index (κ3) is 4.24. The Morgan fingerprint density at radius 3 is 2.65 bits per heavy atom. The lowest BCUT2D eigenvalue weighted by atomic mass is 10.1. The molecular formula is C14H23N3O5S. The van der Waals surface area contributed by atoms with E-state index in [1.165, 1.54) is 4.57 Å². The summed E-state index contributed by atoms with van der Waals surface area (Å²) in [5.74, 6) is 0.197. The van der Waals surface area contributed by atoms with Crippen molar-refractivity contribution in [2.75, 3.05) is 46.9 Å². The molecule has 0 radical (unpaired) electrons. The third-order valence-corrected chi connectivity index (χ3v) is 5.14. The van der Waals surface area contributed by atoms with Crippen molar-refractivity contribution < 1.29 is 18.9 Å². The number of nitrogens with two attached hydrogens (primary N) is 1. The first kappa shape index (κ1) is 18.2. The van der Waals surface area contributed by atoms with Gasteiger partial charge in [-0.3, -0.25) is 4.57 Å². The summed E-state index contributed by atoms with van der Waals surface area (Å²) >= 11 is 1.57. The topological polar surface area (TPSA) is 97.8 Å². The Labute approximate surface area is 139 Å². The molecule has 1 aliphatic rings. The van der Waals surface area contributed by atoms with Gasteiger partial charge in [0.1, 0.15) is 23.4 Å². The normalized spacial score (nSPS) is 27.4. The van der Waals surface area contributed by atoms with E-state index in [9.17, 15) is 4.79 Å². The van der Waals surface area contributed by atoms with Crippen molar-refractivity contribution in [3.8, 4) is 0 Å². The number of rotatable bonds is 8. The first-order valence-corrected chi connectivity index (χ1v) is 8.19. The summed E-state index contributed by atoms with van der Waals surface area (Å²) in [7, 11) is 4.88. The van der Waals surface area contributed by atoms with E-state index in [-0.39, 0.29) is 28.6 Å². The van der Waals surface area contributed by atoms with Gasteiger partial charge in [0.05, 0.1) is 25.1 Å². The molecule has 9 heteroatoms. The van der Waals surface area contributed by atoms with E-state index < -0.39 is 5.69 Å². The Bertz CT molecular complexity index is 555. The summed E-state index contributed by atoms with van der Waals surface area (Å²) in [4.78, 5) is 16.0. The van der Waals surface area contributed by atoms with E-state index in [0.29, 0.717) is 19.8 Å². The lowest BCUT2D eigenvalue weighted by Crippen LogP contribution is -2.40. The molecule has 0 bridgehead atoms. The van der Waals surface area contributed by atoms with E-state index in [4.69, 9.17) is 24.7 Å². The number of aromatic nitrogens is 2. The van der Waals surface area contributed by atoms with Crippen molar-refractivity contribution in [1.82, 2.24) is 9.55 Å². The maximum absolute atomic E-state index is 12.2. The SMILES string of the molecule is COCCOC1C(OC)[C@@H](COC)S[C@H]1n1ccc(N)nc1=O. The molecule has 0 aliphatic carbocycles. The standard InChI is InChI=1S/C14H23N3O5S/c1-19-6-7-22-12-11(21-3)9(8-20-2)23-13(12)17-5-4-10(15)16-14(17)18/h4-5,9,11-13H,6-8H2,1-3H3,(H2,15,16,18)/t9-,11?,12?,13-/m1/s1. The van der Waals surface area contributed by atoms with Crippen LogP contribution in [0.5, 0.6) is 0 Å². The number of thioether (sulfide) groups is 1. The van der Waals surface area contributed by atoms with E-state index >= 15 is 0 Å². The molecule has 130 valence electrons. The largest absolute Gasteiger partial charge is 0.383 e. The van der Waals surface area contributed by atoms with Gasteiger partial charge in [0.15, 0.2) is 0 Å². The number of nitrogen functional groups attached to an aromatic ring is 1. The second-order valence-electron chi connectivity index (χ2n) is 5.09. The Morgan fingerprint density at radius 2 is 2.04 bits per heavy atom. The average Bonchev–Trinajstić information content (AvgIpc) is 2.85. The van der Waals surface area contributed by atoms with Crippen LogP contribution in [0.3, 0.4) is 0 Å². The molecule has 1 aromatic heterocycles. The third-order valence-electron chi connectivity index (χ3n) is 3.61. The van der Waals surface area contributed by atoms with Crippen molar-refractivity contribution in [2.45, 2.75) is 22.8 Å². The predicted octanol–water partition coefficient (Wildman–Crippen LogP) is 0.133. The van der Waals surface area contributed by atoms with E-state index in [2.05, 4.69) is 4.98 Å². The molecular weight excluding hydrogens is 322 g/mol. The Morgan fingerprint density at radius 1 is 1.26 bits per heavy atom. The number of hydrogen-bond acceptors (Lipinski definition) is 8. The lowest BCUT2D eigenvalue weighted by molar-refractivity contribution is -0.0727. The highest BCUT2D eigenvalue weighted by molar-refractivity contribution is 8.00. The van der Waals surface area contributed by atoms with Crippen molar-refractivity contribution in [1.29, 1.82) is 0 Å². The molecule has 1 aliphatic heterocycles. The van der Waals surface area contributed by atoms with Gasteiger partial charge in [-0.15, -0.1) is 11.8 Å². The van der Waals surface area contributed by atoms with Crippen LogP contribution in [-0.2, 0) is 18.9 Å². The number of anilines is 1. The van der Waals surface area contributed by atoms with Crippen LogP contribution < -0.4 is 11.4 Å². The summed E-state index contributed by atoms with van der Waals surface area (Å²) in [6.45, 7) is 1.38. The lowest BCUT2D eigenvalue weighted by Gasteiger charge is -2.25. The first-order chi connectivity index (χ1) is 11.1. The average molecular weight is 345 g/mol. The number of nitrogens with zero attached hydrogens (tertiary/aromatic N) is 2.